The van der Waals surface area contributed by atoms with E-state index in [1.165, 1.54) is 5.56 Å². The van der Waals surface area contributed by atoms with E-state index in [0.717, 1.165) is 24.3 Å². The minimum Gasteiger partial charge on any atom is -0.489 e. The van der Waals surface area contributed by atoms with Gasteiger partial charge >= 0.3 is 0 Å². The normalized spacial score (nSPS) is 10.9. The zero-order valence-electron chi connectivity index (χ0n) is 13.4. The standard InChI is InChI=1S/C19H25NO3/c21-14-12-20(13-15-22)11-10-17-6-8-18(9-7-17)16-23-19-4-2-1-3-5-19/h1-9,21-22H,10-16H2. The number of benzene rings is 2. The Hall–Kier alpha value is -1.88. The minimum absolute atomic E-state index is 0.121. The van der Waals surface area contributed by atoms with Gasteiger partial charge < -0.3 is 14.9 Å². The molecule has 0 radical (unpaired) electrons. The Morgan fingerprint density at radius 1 is 0.739 bits per heavy atom. The lowest BCUT2D eigenvalue weighted by atomic mass is 10.1. The van der Waals surface area contributed by atoms with E-state index in [1.54, 1.807) is 0 Å². The predicted octanol–water partition coefficient (Wildman–Crippen LogP) is 2.09. The smallest absolute Gasteiger partial charge is 0.119 e. The lowest BCUT2D eigenvalue weighted by Crippen LogP contribution is -2.31. The van der Waals surface area contributed by atoms with E-state index < -0.39 is 0 Å². The minimum atomic E-state index is 0.121. The first-order valence-corrected chi connectivity index (χ1v) is 8.01. The summed E-state index contributed by atoms with van der Waals surface area (Å²) in [5.41, 5.74) is 2.38. The number of para-hydroxylation sites is 1. The molecule has 0 saturated carbocycles. The Balaban J connectivity index is 1.79. The summed E-state index contributed by atoms with van der Waals surface area (Å²) in [6.45, 7) is 2.84. The van der Waals surface area contributed by atoms with Gasteiger partial charge in [-0.05, 0) is 29.7 Å². The lowest BCUT2D eigenvalue weighted by molar-refractivity contribution is 0.162. The van der Waals surface area contributed by atoms with Crippen LogP contribution < -0.4 is 4.74 Å². The fourth-order valence-corrected chi connectivity index (χ4v) is 2.39. The number of aliphatic hydroxyl groups is 2. The molecule has 0 spiro atoms. The van der Waals surface area contributed by atoms with Crippen molar-refractivity contribution in [2.24, 2.45) is 0 Å². The van der Waals surface area contributed by atoms with Crippen LogP contribution in [0.5, 0.6) is 5.75 Å². The average Bonchev–Trinajstić information content (AvgIpc) is 2.60. The fourth-order valence-electron chi connectivity index (χ4n) is 2.39. The zero-order chi connectivity index (χ0) is 16.3. The molecule has 2 aromatic carbocycles. The molecule has 0 atom stereocenters. The van der Waals surface area contributed by atoms with Gasteiger partial charge in [0.15, 0.2) is 0 Å². The van der Waals surface area contributed by atoms with Gasteiger partial charge in [0.05, 0.1) is 13.2 Å². The van der Waals surface area contributed by atoms with Crippen molar-refractivity contribution in [1.29, 1.82) is 0 Å². The molecule has 23 heavy (non-hydrogen) atoms. The largest absolute Gasteiger partial charge is 0.489 e. The third kappa shape index (κ3) is 6.40. The summed E-state index contributed by atoms with van der Waals surface area (Å²) in [5.74, 6) is 0.875. The second-order valence-electron chi connectivity index (χ2n) is 5.46. The number of rotatable bonds is 10. The summed E-state index contributed by atoms with van der Waals surface area (Å²) < 4.78 is 5.73. The van der Waals surface area contributed by atoms with Crippen LogP contribution >= 0.6 is 0 Å². The predicted molar refractivity (Wildman–Crippen MR) is 91.5 cm³/mol. The topological polar surface area (TPSA) is 52.9 Å². The Bertz CT molecular complexity index is 536. The van der Waals surface area contributed by atoms with Crippen LogP contribution in [0.4, 0.5) is 0 Å². The molecule has 0 aliphatic heterocycles. The lowest BCUT2D eigenvalue weighted by Gasteiger charge is -2.20. The summed E-state index contributed by atoms with van der Waals surface area (Å²) >= 11 is 0. The SMILES string of the molecule is OCCN(CCO)CCc1ccc(COc2ccccc2)cc1. The molecule has 2 aromatic rings. The van der Waals surface area contributed by atoms with Crippen molar-refractivity contribution in [3.8, 4) is 5.75 Å². The first kappa shape index (κ1) is 17.5. The van der Waals surface area contributed by atoms with Gasteiger partial charge in [0.1, 0.15) is 12.4 Å². The van der Waals surface area contributed by atoms with E-state index >= 15 is 0 Å². The van der Waals surface area contributed by atoms with E-state index in [1.807, 2.05) is 30.3 Å². The summed E-state index contributed by atoms with van der Waals surface area (Å²) in [6.07, 6.45) is 0.903. The molecule has 0 aliphatic carbocycles. The maximum Gasteiger partial charge on any atom is 0.119 e. The number of hydrogen-bond donors (Lipinski definition) is 2. The zero-order valence-corrected chi connectivity index (χ0v) is 13.4. The van der Waals surface area contributed by atoms with Gasteiger partial charge in [-0.15, -0.1) is 0 Å². The molecule has 2 N–H and O–H groups in total. The molecule has 4 nitrogen and oxygen atoms in total. The van der Waals surface area contributed by atoms with Crippen LogP contribution in [0.2, 0.25) is 0 Å². The summed E-state index contributed by atoms with van der Waals surface area (Å²) in [5, 5.41) is 18.0. The van der Waals surface area contributed by atoms with Crippen LogP contribution in [0.1, 0.15) is 11.1 Å². The molecule has 0 amide bonds. The Morgan fingerprint density at radius 2 is 1.35 bits per heavy atom. The molecule has 0 unspecified atom stereocenters. The molecule has 2 rings (SSSR count). The third-order valence-corrected chi connectivity index (χ3v) is 3.72. The molecule has 4 heteroatoms. The van der Waals surface area contributed by atoms with E-state index in [4.69, 9.17) is 14.9 Å². The van der Waals surface area contributed by atoms with Crippen molar-refractivity contribution in [2.75, 3.05) is 32.8 Å². The average molecular weight is 315 g/mol. The highest BCUT2D eigenvalue weighted by Gasteiger charge is 2.04. The molecular weight excluding hydrogens is 290 g/mol. The van der Waals surface area contributed by atoms with Gasteiger partial charge in [-0.1, -0.05) is 42.5 Å². The van der Waals surface area contributed by atoms with E-state index in [0.29, 0.717) is 19.7 Å². The highest BCUT2D eigenvalue weighted by molar-refractivity contribution is 5.24. The third-order valence-electron chi connectivity index (χ3n) is 3.72. The van der Waals surface area contributed by atoms with Crippen LogP contribution in [-0.4, -0.2) is 48.0 Å². The van der Waals surface area contributed by atoms with Crippen LogP contribution in [0, 0.1) is 0 Å². The summed E-state index contributed by atoms with van der Waals surface area (Å²) in [4.78, 5) is 2.06. The molecule has 0 heterocycles. The van der Waals surface area contributed by atoms with E-state index in [2.05, 4.69) is 29.2 Å². The van der Waals surface area contributed by atoms with Crippen molar-refractivity contribution >= 4 is 0 Å². The Labute approximate surface area is 138 Å². The molecule has 0 bridgehead atoms. The van der Waals surface area contributed by atoms with Gasteiger partial charge in [-0.3, -0.25) is 4.90 Å². The first-order chi connectivity index (χ1) is 11.3. The first-order valence-electron chi connectivity index (χ1n) is 8.01. The van der Waals surface area contributed by atoms with Gasteiger partial charge in [0.25, 0.3) is 0 Å². The summed E-state index contributed by atoms with van der Waals surface area (Å²) in [6, 6.07) is 18.2. The van der Waals surface area contributed by atoms with Crippen molar-refractivity contribution in [1.82, 2.24) is 4.90 Å². The molecule has 0 aromatic heterocycles. The van der Waals surface area contributed by atoms with E-state index in [-0.39, 0.29) is 13.2 Å². The fraction of sp³-hybridized carbons (Fsp3) is 0.368. The molecule has 0 aliphatic rings. The second-order valence-corrected chi connectivity index (χ2v) is 5.46. The molecular formula is C19H25NO3. The number of aliphatic hydroxyl groups excluding tert-OH is 2. The van der Waals surface area contributed by atoms with Gasteiger partial charge in [0, 0.05) is 19.6 Å². The van der Waals surface area contributed by atoms with E-state index in [9.17, 15) is 0 Å². The van der Waals surface area contributed by atoms with Crippen molar-refractivity contribution < 1.29 is 14.9 Å². The number of hydrogen-bond acceptors (Lipinski definition) is 4. The van der Waals surface area contributed by atoms with Crippen molar-refractivity contribution in [3.63, 3.8) is 0 Å². The Kier molecular flexibility index (Phi) is 7.60. The maximum absolute atomic E-state index is 9.01. The highest BCUT2D eigenvalue weighted by atomic mass is 16.5. The van der Waals surface area contributed by atoms with Gasteiger partial charge in [-0.2, -0.15) is 0 Å². The number of ether oxygens (including phenoxy) is 1. The number of nitrogens with zero attached hydrogens (tertiary/aromatic N) is 1. The monoisotopic (exact) mass is 315 g/mol. The molecule has 124 valence electrons. The quantitative estimate of drug-likeness (QED) is 0.705. The maximum atomic E-state index is 9.01. The van der Waals surface area contributed by atoms with Crippen LogP contribution in [0.25, 0.3) is 0 Å². The van der Waals surface area contributed by atoms with Crippen molar-refractivity contribution in [2.45, 2.75) is 13.0 Å². The van der Waals surface area contributed by atoms with Crippen LogP contribution in [0.3, 0.4) is 0 Å². The van der Waals surface area contributed by atoms with Gasteiger partial charge in [0.2, 0.25) is 0 Å². The molecule has 0 saturated heterocycles. The summed E-state index contributed by atoms with van der Waals surface area (Å²) in [7, 11) is 0. The van der Waals surface area contributed by atoms with Crippen molar-refractivity contribution in [3.05, 3.63) is 65.7 Å². The van der Waals surface area contributed by atoms with Crippen LogP contribution in [0.15, 0.2) is 54.6 Å². The highest BCUT2D eigenvalue weighted by Crippen LogP contribution is 2.12. The Morgan fingerprint density at radius 3 is 1.96 bits per heavy atom. The van der Waals surface area contributed by atoms with Gasteiger partial charge in [-0.25, -0.2) is 0 Å². The second kappa shape index (κ2) is 10.0. The molecule has 0 fully saturated rings. The van der Waals surface area contributed by atoms with Crippen LogP contribution in [-0.2, 0) is 13.0 Å².